The van der Waals surface area contributed by atoms with E-state index in [1.54, 1.807) is 10.8 Å². The van der Waals surface area contributed by atoms with Crippen LogP contribution in [0.25, 0.3) is 0 Å². The van der Waals surface area contributed by atoms with Crippen LogP contribution in [0.4, 0.5) is 0 Å². The summed E-state index contributed by atoms with van der Waals surface area (Å²) in [5, 5.41) is 6.13. The van der Waals surface area contributed by atoms with Gasteiger partial charge >= 0.3 is 0 Å². The molecule has 0 aliphatic rings. The minimum Gasteiger partial charge on any atom is -0.379 e. The molecule has 6 nitrogen and oxygen atoms in total. The number of carbonyl (C=O) groups is 1. The Balaban J connectivity index is 3.44. The molecule has 1 amide bonds. The SMILES string of the molecule is CCC#CCNC(=O)CCOCCOCCOC(C)(C)SSCCNC(C)C. The molecule has 0 aromatic rings. The van der Waals surface area contributed by atoms with Crippen molar-refractivity contribution in [3.8, 4) is 11.8 Å². The number of ether oxygens (including phenoxy) is 3. The van der Waals surface area contributed by atoms with Gasteiger partial charge < -0.3 is 24.8 Å². The Morgan fingerprint density at radius 3 is 2.43 bits per heavy atom. The Labute approximate surface area is 179 Å². The standard InChI is InChI=1S/C20H38N2O4S2/c1-6-7-8-10-22-19(23)9-12-24-13-14-25-15-16-26-20(4,5)28-27-17-11-21-18(2)3/h18,21H,6,9-17H2,1-5H3,(H,22,23). The Hall–Kier alpha value is -0.430. The predicted octanol–water partition coefficient (Wildman–Crippen LogP) is 3.07. The van der Waals surface area contributed by atoms with Crippen molar-refractivity contribution in [1.82, 2.24) is 10.6 Å². The van der Waals surface area contributed by atoms with Gasteiger partial charge in [-0.25, -0.2) is 0 Å². The van der Waals surface area contributed by atoms with Crippen molar-refractivity contribution in [3.05, 3.63) is 0 Å². The molecule has 8 heteroatoms. The summed E-state index contributed by atoms with van der Waals surface area (Å²) in [7, 11) is 3.56. The predicted molar refractivity (Wildman–Crippen MR) is 121 cm³/mol. The highest BCUT2D eigenvalue weighted by atomic mass is 33.1. The molecule has 0 aliphatic heterocycles. The summed E-state index contributed by atoms with van der Waals surface area (Å²) >= 11 is 0. The molecule has 0 rings (SSSR count). The number of hydrogen-bond acceptors (Lipinski definition) is 7. The van der Waals surface area contributed by atoms with Crippen LogP contribution < -0.4 is 10.6 Å². The van der Waals surface area contributed by atoms with E-state index in [1.165, 1.54) is 0 Å². The molecule has 2 N–H and O–H groups in total. The molecular formula is C20H38N2O4S2. The maximum atomic E-state index is 11.5. The van der Waals surface area contributed by atoms with E-state index in [2.05, 4.69) is 50.2 Å². The summed E-state index contributed by atoms with van der Waals surface area (Å²) in [5.74, 6) is 6.78. The number of nitrogens with one attached hydrogen (secondary N) is 2. The van der Waals surface area contributed by atoms with Gasteiger partial charge in [-0.05, 0) is 13.8 Å². The fourth-order valence-corrected chi connectivity index (χ4v) is 4.04. The lowest BCUT2D eigenvalue weighted by Crippen LogP contribution is -2.25. The smallest absolute Gasteiger partial charge is 0.223 e. The molecule has 0 atom stereocenters. The zero-order valence-corrected chi connectivity index (χ0v) is 19.7. The van der Waals surface area contributed by atoms with Crippen LogP contribution in [-0.4, -0.2) is 68.8 Å². The Kier molecular flexibility index (Phi) is 18.3. The Morgan fingerprint density at radius 1 is 1.07 bits per heavy atom. The molecule has 0 saturated heterocycles. The van der Waals surface area contributed by atoms with E-state index in [0.29, 0.717) is 52.0 Å². The molecule has 0 fully saturated rings. The second-order valence-electron chi connectivity index (χ2n) is 6.72. The van der Waals surface area contributed by atoms with Crippen molar-refractivity contribution in [2.45, 2.75) is 58.4 Å². The van der Waals surface area contributed by atoms with E-state index < -0.39 is 0 Å². The molecular weight excluding hydrogens is 396 g/mol. The van der Waals surface area contributed by atoms with Crippen LogP contribution in [0.2, 0.25) is 0 Å². The largest absolute Gasteiger partial charge is 0.379 e. The van der Waals surface area contributed by atoms with E-state index in [-0.39, 0.29) is 10.8 Å². The highest BCUT2D eigenvalue weighted by molar-refractivity contribution is 8.77. The molecule has 0 bridgehead atoms. The van der Waals surface area contributed by atoms with Crippen LogP contribution in [0.15, 0.2) is 0 Å². The van der Waals surface area contributed by atoms with Crippen LogP contribution in [0, 0.1) is 11.8 Å². The van der Waals surface area contributed by atoms with Crippen molar-refractivity contribution in [3.63, 3.8) is 0 Å². The number of amides is 1. The molecule has 0 saturated carbocycles. The van der Waals surface area contributed by atoms with Crippen molar-refractivity contribution in [2.24, 2.45) is 0 Å². The molecule has 0 spiro atoms. The van der Waals surface area contributed by atoms with Crippen molar-refractivity contribution in [2.75, 3.05) is 51.9 Å². The molecule has 0 aliphatic carbocycles. The summed E-state index contributed by atoms with van der Waals surface area (Å²) in [6.07, 6.45) is 1.14. The van der Waals surface area contributed by atoms with Crippen LogP contribution in [0.3, 0.4) is 0 Å². The van der Waals surface area contributed by atoms with E-state index in [1.807, 2.05) is 17.7 Å². The van der Waals surface area contributed by atoms with Crippen LogP contribution in [0.5, 0.6) is 0 Å². The van der Waals surface area contributed by atoms with Crippen molar-refractivity contribution < 1.29 is 19.0 Å². The zero-order chi connectivity index (χ0) is 21.1. The summed E-state index contributed by atoms with van der Waals surface area (Å²) in [6, 6.07) is 0.526. The highest BCUT2D eigenvalue weighted by Crippen LogP contribution is 2.36. The fraction of sp³-hybridized carbons (Fsp3) is 0.850. The summed E-state index contributed by atoms with van der Waals surface area (Å²) in [5.41, 5.74) is 0. The first-order valence-corrected chi connectivity index (χ1v) is 12.2. The highest BCUT2D eigenvalue weighted by Gasteiger charge is 2.19. The topological polar surface area (TPSA) is 68.8 Å². The first-order chi connectivity index (χ1) is 13.4. The maximum absolute atomic E-state index is 11.5. The van der Waals surface area contributed by atoms with E-state index in [0.717, 1.165) is 18.7 Å². The molecule has 164 valence electrons. The first-order valence-electron chi connectivity index (χ1n) is 9.93. The van der Waals surface area contributed by atoms with Gasteiger partial charge in [0, 0.05) is 31.2 Å². The normalized spacial score (nSPS) is 11.4. The lowest BCUT2D eigenvalue weighted by molar-refractivity contribution is -0.122. The summed E-state index contributed by atoms with van der Waals surface area (Å²) in [4.78, 5) is 11.3. The van der Waals surface area contributed by atoms with E-state index in [4.69, 9.17) is 14.2 Å². The summed E-state index contributed by atoms with van der Waals surface area (Å²) in [6.45, 7) is 14.3. The molecule has 0 radical (unpaired) electrons. The van der Waals surface area contributed by atoms with E-state index >= 15 is 0 Å². The van der Waals surface area contributed by atoms with Crippen LogP contribution >= 0.6 is 21.6 Å². The maximum Gasteiger partial charge on any atom is 0.223 e. The second-order valence-corrected chi connectivity index (χ2v) is 9.72. The van der Waals surface area contributed by atoms with Gasteiger partial charge in [0.05, 0.1) is 39.6 Å². The quantitative estimate of drug-likeness (QED) is 0.158. The average molecular weight is 435 g/mol. The van der Waals surface area contributed by atoms with Crippen LogP contribution in [-0.2, 0) is 19.0 Å². The van der Waals surface area contributed by atoms with Gasteiger partial charge in [-0.2, -0.15) is 0 Å². The van der Waals surface area contributed by atoms with Gasteiger partial charge in [0.15, 0.2) is 0 Å². The minimum absolute atomic E-state index is 0.0442. The Bertz CT molecular complexity index is 451. The van der Waals surface area contributed by atoms with Gasteiger partial charge in [-0.15, -0.1) is 5.92 Å². The first kappa shape index (κ1) is 27.6. The monoisotopic (exact) mass is 434 g/mol. The zero-order valence-electron chi connectivity index (χ0n) is 18.1. The third-order valence-corrected chi connectivity index (χ3v) is 6.26. The lowest BCUT2D eigenvalue weighted by atomic mass is 10.4. The van der Waals surface area contributed by atoms with Gasteiger partial charge in [0.2, 0.25) is 5.91 Å². The molecule has 0 aromatic carbocycles. The molecule has 28 heavy (non-hydrogen) atoms. The third kappa shape index (κ3) is 20.3. The molecule has 0 heterocycles. The van der Waals surface area contributed by atoms with Gasteiger partial charge in [-0.1, -0.05) is 48.3 Å². The van der Waals surface area contributed by atoms with Crippen molar-refractivity contribution >= 4 is 27.5 Å². The molecule has 0 aromatic heterocycles. The lowest BCUT2D eigenvalue weighted by Gasteiger charge is -2.24. The van der Waals surface area contributed by atoms with Crippen LogP contribution in [0.1, 0.15) is 47.5 Å². The van der Waals surface area contributed by atoms with Gasteiger partial charge in [0.1, 0.15) is 4.93 Å². The number of carbonyl (C=O) groups excluding carboxylic acids is 1. The van der Waals surface area contributed by atoms with Gasteiger partial charge in [0.25, 0.3) is 0 Å². The summed E-state index contributed by atoms with van der Waals surface area (Å²) < 4.78 is 16.8. The molecule has 0 unspecified atom stereocenters. The van der Waals surface area contributed by atoms with Crippen molar-refractivity contribution in [1.29, 1.82) is 0 Å². The Morgan fingerprint density at radius 2 is 1.75 bits per heavy atom. The van der Waals surface area contributed by atoms with E-state index in [9.17, 15) is 4.79 Å². The second kappa shape index (κ2) is 18.6. The minimum atomic E-state index is -0.239. The average Bonchev–Trinajstić information content (AvgIpc) is 2.63. The third-order valence-electron chi connectivity index (χ3n) is 3.20. The van der Waals surface area contributed by atoms with Gasteiger partial charge in [-0.3, -0.25) is 4.79 Å². The number of hydrogen-bond donors (Lipinski definition) is 2. The fourth-order valence-electron chi connectivity index (χ4n) is 1.85. The number of rotatable bonds is 17.